The van der Waals surface area contributed by atoms with Crippen molar-refractivity contribution in [3.63, 3.8) is 0 Å². The number of nitriles is 1. The van der Waals surface area contributed by atoms with Gasteiger partial charge in [-0.25, -0.2) is 5.43 Å². The standard InChI is InChI=1S/C19H16ClN3O2/c1-12-7-15(22-23-19(12)24)8-13-5-6-17(20)18(10-13)25-16-4-2-3-14(9-16)11-21/h2-6,9-10,12H,7-8H2,1H3,(H,23,24). The maximum atomic E-state index is 11.5. The third kappa shape index (κ3) is 4.17. The Morgan fingerprint density at radius 1 is 1.36 bits per heavy atom. The largest absolute Gasteiger partial charge is 0.456 e. The van der Waals surface area contributed by atoms with Crippen LogP contribution in [-0.2, 0) is 11.2 Å². The molecule has 1 aliphatic rings. The zero-order valence-electron chi connectivity index (χ0n) is 13.6. The monoisotopic (exact) mass is 353 g/mol. The van der Waals surface area contributed by atoms with E-state index in [2.05, 4.69) is 16.6 Å². The molecule has 2 aromatic carbocycles. The summed E-state index contributed by atoms with van der Waals surface area (Å²) in [5.41, 5.74) is 4.95. The highest BCUT2D eigenvalue weighted by molar-refractivity contribution is 6.32. The Labute approximate surface area is 150 Å². The van der Waals surface area contributed by atoms with Gasteiger partial charge in [-0.15, -0.1) is 0 Å². The van der Waals surface area contributed by atoms with Gasteiger partial charge in [0, 0.05) is 18.1 Å². The summed E-state index contributed by atoms with van der Waals surface area (Å²) >= 11 is 6.23. The zero-order valence-corrected chi connectivity index (χ0v) is 14.4. The highest BCUT2D eigenvalue weighted by atomic mass is 35.5. The molecule has 0 spiro atoms. The zero-order chi connectivity index (χ0) is 17.8. The van der Waals surface area contributed by atoms with Gasteiger partial charge >= 0.3 is 0 Å². The summed E-state index contributed by atoms with van der Waals surface area (Å²) in [7, 11) is 0. The lowest BCUT2D eigenvalue weighted by atomic mass is 9.97. The van der Waals surface area contributed by atoms with Gasteiger partial charge < -0.3 is 4.74 Å². The number of carbonyl (C=O) groups excluding carboxylic acids is 1. The Morgan fingerprint density at radius 3 is 2.96 bits per heavy atom. The van der Waals surface area contributed by atoms with Crippen molar-refractivity contribution in [2.24, 2.45) is 11.0 Å². The van der Waals surface area contributed by atoms with E-state index < -0.39 is 0 Å². The van der Waals surface area contributed by atoms with Gasteiger partial charge in [-0.3, -0.25) is 4.79 Å². The minimum atomic E-state index is -0.0794. The molecule has 0 bridgehead atoms. The van der Waals surface area contributed by atoms with Crippen molar-refractivity contribution in [2.75, 3.05) is 0 Å². The Kier molecular flexibility index (Phi) is 5.01. The van der Waals surface area contributed by atoms with Crippen LogP contribution in [0.3, 0.4) is 0 Å². The van der Waals surface area contributed by atoms with Crippen LogP contribution in [-0.4, -0.2) is 11.6 Å². The molecule has 25 heavy (non-hydrogen) atoms. The number of hydrogen-bond acceptors (Lipinski definition) is 4. The van der Waals surface area contributed by atoms with Crippen LogP contribution in [0.25, 0.3) is 0 Å². The quantitative estimate of drug-likeness (QED) is 0.900. The average Bonchev–Trinajstić information content (AvgIpc) is 2.61. The van der Waals surface area contributed by atoms with Crippen LogP contribution in [0.2, 0.25) is 5.02 Å². The molecule has 1 amide bonds. The second kappa shape index (κ2) is 7.37. The molecule has 3 rings (SSSR count). The van der Waals surface area contributed by atoms with Gasteiger partial charge in [0.15, 0.2) is 0 Å². The summed E-state index contributed by atoms with van der Waals surface area (Å²) in [5.74, 6) is 0.933. The summed E-state index contributed by atoms with van der Waals surface area (Å²) in [6.45, 7) is 1.88. The highest BCUT2D eigenvalue weighted by Gasteiger charge is 2.20. The van der Waals surface area contributed by atoms with Crippen LogP contribution < -0.4 is 10.2 Å². The van der Waals surface area contributed by atoms with Crippen LogP contribution >= 0.6 is 11.6 Å². The number of nitrogens with one attached hydrogen (secondary N) is 1. The maximum absolute atomic E-state index is 11.5. The molecule has 6 heteroatoms. The normalized spacial score (nSPS) is 16.6. The maximum Gasteiger partial charge on any atom is 0.243 e. The Balaban J connectivity index is 1.79. The molecule has 0 aromatic heterocycles. The topological polar surface area (TPSA) is 74.5 Å². The molecule has 0 radical (unpaired) electrons. The van der Waals surface area contributed by atoms with E-state index >= 15 is 0 Å². The minimum Gasteiger partial charge on any atom is -0.456 e. The van der Waals surface area contributed by atoms with Crippen LogP contribution in [0.5, 0.6) is 11.5 Å². The molecular weight excluding hydrogens is 338 g/mol. The molecule has 0 aliphatic carbocycles. The average molecular weight is 354 g/mol. The number of rotatable bonds is 4. The number of halogens is 1. The first-order chi connectivity index (χ1) is 12.0. The van der Waals surface area contributed by atoms with E-state index in [4.69, 9.17) is 21.6 Å². The molecule has 1 heterocycles. The fourth-order valence-electron chi connectivity index (χ4n) is 2.58. The van der Waals surface area contributed by atoms with Gasteiger partial charge in [0.2, 0.25) is 5.91 Å². The molecule has 0 fully saturated rings. The van der Waals surface area contributed by atoms with Crippen molar-refractivity contribution < 1.29 is 9.53 Å². The number of ether oxygens (including phenoxy) is 1. The lowest BCUT2D eigenvalue weighted by Crippen LogP contribution is -2.33. The molecule has 126 valence electrons. The van der Waals surface area contributed by atoms with Crippen LogP contribution in [0.15, 0.2) is 47.6 Å². The van der Waals surface area contributed by atoms with E-state index in [1.54, 1.807) is 30.3 Å². The fraction of sp³-hybridized carbons (Fsp3) is 0.211. The molecule has 1 N–H and O–H groups in total. The number of hydrogen-bond donors (Lipinski definition) is 1. The number of nitrogens with zero attached hydrogens (tertiary/aromatic N) is 2. The van der Waals surface area contributed by atoms with E-state index in [1.807, 2.05) is 19.1 Å². The van der Waals surface area contributed by atoms with Crippen molar-refractivity contribution in [2.45, 2.75) is 19.8 Å². The first-order valence-electron chi connectivity index (χ1n) is 7.87. The second-order valence-electron chi connectivity index (χ2n) is 5.94. The Hall–Kier alpha value is -2.84. The fourth-order valence-corrected chi connectivity index (χ4v) is 2.73. The molecule has 1 aliphatic heterocycles. The van der Waals surface area contributed by atoms with Crippen LogP contribution in [0.1, 0.15) is 24.5 Å². The predicted octanol–water partition coefficient (Wildman–Crippen LogP) is 4.06. The van der Waals surface area contributed by atoms with Crippen molar-refractivity contribution in [3.05, 3.63) is 58.6 Å². The van der Waals surface area contributed by atoms with E-state index in [0.29, 0.717) is 34.9 Å². The van der Waals surface area contributed by atoms with Crippen molar-refractivity contribution >= 4 is 23.2 Å². The summed E-state index contributed by atoms with van der Waals surface area (Å²) in [4.78, 5) is 11.5. The van der Waals surface area contributed by atoms with Gasteiger partial charge in [0.05, 0.1) is 16.7 Å². The van der Waals surface area contributed by atoms with Crippen molar-refractivity contribution in [1.82, 2.24) is 5.43 Å². The van der Waals surface area contributed by atoms with Gasteiger partial charge in [0.25, 0.3) is 0 Å². The lowest BCUT2D eigenvalue weighted by molar-refractivity contribution is -0.124. The van der Waals surface area contributed by atoms with E-state index in [0.717, 1.165) is 11.3 Å². The van der Waals surface area contributed by atoms with Crippen molar-refractivity contribution in [3.8, 4) is 17.6 Å². The van der Waals surface area contributed by atoms with E-state index in [-0.39, 0.29) is 11.8 Å². The molecule has 0 saturated carbocycles. The van der Waals surface area contributed by atoms with Crippen LogP contribution in [0.4, 0.5) is 0 Å². The van der Waals surface area contributed by atoms with E-state index in [1.165, 1.54) is 0 Å². The molecule has 1 unspecified atom stereocenters. The third-order valence-corrected chi connectivity index (χ3v) is 4.22. The number of hydrazone groups is 1. The lowest BCUT2D eigenvalue weighted by Gasteiger charge is -2.18. The summed E-state index contributed by atoms with van der Waals surface area (Å²) < 4.78 is 5.83. The molecular formula is C19H16ClN3O2. The highest BCUT2D eigenvalue weighted by Crippen LogP contribution is 2.31. The summed E-state index contributed by atoms with van der Waals surface area (Å²) in [5, 5.41) is 13.6. The smallest absolute Gasteiger partial charge is 0.243 e. The minimum absolute atomic E-state index is 0.0544. The summed E-state index contributed by atoms with van der Waals surface area (Å²) in [6, 6.07) is 14.5. The first kappa shape index (κ1) is 17.0. The molecule has 2 aromatic rings. The third-order valence-electron chi connectivity index (χ3n) is 3.91. The second-order valence-corrected chi connectivity index (χ2v) is 6.35. The molecule has 1 atom stereocenters. The number of carbonyl (C=O) groups is 1. The van der Waals surface area contributed by atoms with Crippen molar-refractivity contribution in [1.29, 1.82) is 5.26 Å². The summed E-state index contributed by atoms with van der Waals surface area (Å²) in [6.07, 6.45) is 1.24. The predicted molar refractivity (Wildman–Crippen MR) is 95.7 cm³/mol. The number of benzene rings is 2. The first-order valence-corrected chi connectivity index (χ1v) is 8.24. The van der Waals surface area contributed by atoms with Crippen LogP contribution in [0, 0.1) is 17.2 Å². The van der Waals surface area contributed by atoms with Gasteiger partial charge in [-0.1, -0.05) is 30.7 Å². The molecule has 0 saturated heterocycles. The van der Waals surface area contributed by atoms with Gasteiger partial charge in [0.1, 0.15) is 11.5 Å². The van der Waals surface area contributed by atoms with Gasteiger partial charge in [-0.2, -0.15) is 10.4 Å². The van der Waals surface area contributed by atoms with Gasteiger partial charge in [-0.05, 0) is 42.3 Å². The SMILES string of the molecule is CC1CC(Cc2ccc(Cl)c(Oc3cccc(C#N)c3)c2)=NNC1=O. The Bertz CT molecular complexity index is 886. The number of amides is 1. The Morgan fingerprint density at radius 2 is 2.20 bits per heavy atom. The van der Waals surface area contributed by atoms with E-state index in [9.17, 15) is 4.79 Å². The molecule has 5 nitrogen and oxygen atoms in total.